The van der Waals surface area contributed by atoms with Crippen molar-refractivity contribution in [1.29, 1.82) is 5.26 Å². The second-order valence-corrected chi connectivity index (χ2v) is 5.09. The van der Waals surface area contributed by atoms with E-state index in [9.17, 15) is 28.1 Å². The van der Waals surface area contributed by atoms with Crippen molar-refractivity contribution in [1.82, 2.24) is 0 Å². The number of nitro benzene ring substituents is 1. The molecular weight excluding hydrogens is 365 g/mol. The van der Waals surface area contributed by atoms with Crippen LogP contribution in [-0.4, -0.2) is 10.8 Å². The molecule has 1 amide bonds. The molecule has 0 unspecified atom stereocenters. The van der Waals surface area contributed by atoms with E-state index in [1.807, 2.05) is 0 Å². The highest BCUT2D eigenvalue weighted by Crippen LogP contribution is 2.34. The highest BCUT2D eigenvalue weighted by Gasteiger charge is 2.33. The molecule has 10 heteroatoms. The van der Waals surface area contributed by atoms with Gasteiger partial charge in [-0.25, -0.2) is 0 Å². The lowest BCUT2D eigenvalue weighted by Gasteiger charge is -2.12. The Morgan fingerprint density at radius 3 is 2.30 bits per heavy atom. The predicted molar refractivity (Wildman–Crippen MR) is 90.5 cm³/mol. The Kier molecular flexibility index (Phi) is 5.77. The van der Waals surface area contributed by atoms with E-state index in [0.29, 0.717) is 0 Å². The number of nitrogens with one attached hydrogen (secondary N) is 2. The Morgan fingerprint density at radius 2 is 1.70 bits per heavy atom. The Bertz CT molecular complexity index is 949. The monoisotopic (exact) mass is 376 g/mol. The minimum absolute atomic E-state index is 0.149. The summed E-state index contributed by atoms with van der Waals surface area (Å²) in [5.41, 5.74) is -2.43. The standard InChI is InChI=1S/C17H11F3N4O3/c18-17(19,20)12-5-1-2-6-13(12)22-10-11(9-21)16(25)23-14-7-3-4-8-15(14)24(26)27/h1-8,10,22H,(H,23,25)/b11-10-. The zero-order valence-corrected chi connectivity index (χ0v) is 13.4. The number of amides is 1. The van der Waals surface area contributed by atoms with E-state index in [4.69, 9.17) is 5.26 Å². The van der Waals surface area contributed by atoms with E-state index in [0.717, 1.165) is 24.4 Å². The van der Waals surface area contributed by atoms with Gasteiger partial charge in [0.05, 0.1) is 16.2 Å². The predicted octanol–water partition coefficient (Wildman–Crippen LogP) is 4.07. The van der Waals surface area contributed by atoms with Crippen LogP contribution >= 0.6 is 0 Å². The van der Waals surface area contributed by atoms with E-state index in [-0.39, 0.29) is 11.4 Å². The second kappa shape index (κ2) is 8.01. The number of carbonyl (C=O) groups is 1. The van der Waals surface area contributed by atoms with Crippen LogP contribution in [0.1, 0.15) is 5.56 Å². The van der Waals surface area contributed by atoms with Crippen LogP contribution in [0.4, 0.5) is 30.2 Å². The maximum Gasteiger partial charge on any atom is 0.418 e. The van der Waals surface area contributed by atoms with Crippen LogP contribution in [0.2, 0.25) is 0 Å². The minimum atomic E-state index is -4.63. The smallest absolute Gasteiger partial charge is 0.360 e. The van der Waals surface area contributed by atoms with Crippen LogP contribution in [0.5, 0.6) is 0 Å². The molecule has 27 heavy (non-hydrogen) atoms. The van der Waals surface area contributed by atoms with Crippen molar-refractivity contribution in [2.24, 2.45) is 0 Å². The summed E-state index contributed by atoms with van der Waals surface area (Å²) in [6, 6.07) is 11.3. The summed E-state index contributed by atoms with van der Waals surface area (Å²) in [4.78, 5) is 22.4. The Hall–Kier alpha value is -3.87. The van der Waals surface area contributed by atoms with Crippen LogP contribution < -0.4 is 10.6 Å². The van der Waals surface area contributed by atoms with E-state index < -0.39 is 33.8 Å². The maximum absolute atomic E-state index is 13.0. The number of hydrogen-bond donors (Lipinski definition) is 2. The number of nitro groups is 1. The van der Waals surface area contributed by atoms with Gasteiger partial charge in [-0.1, -0.05) is 24.3 Å². The number of para-hydroxylation sites is 3. The number of carbonyl (C=O) groups excluding carboxylic acids is 1. The molecule has 0 saturated heterocycles. The topological polar surface area (TPSA) is 108 Å². The molecule has 2 rings (SSSR count). The number of hydrogen-bond acceptors (Lipinski definition) is 5. The number of benzene rings is 2. The zero-order chi connectivity index (χ0) is 20.0. The van der Waals surface area contributed by atoms with Gasteiger partial charge in [-0.05, 0) is 18.2 Å². The van der Waals surface area contributed by atoms with Gasteiger partial charge in [-0.2, -0.15) is 18.4 Å². The molecule has 0 radical (unpaired) electrons. The van der Waals surface area contributed by atoms with E-state index in [1.54, 1.807) is 0 Å². The van der Waals surface area contributed by atoms with Gasteiger partial charge in [0.2, 0.25) is 0 Å². The maximum atomic E-state index is 13.0. The number of nitriles is 1. The summed E-state index contributed by atoms with van der Waals surface area (Å²) in [6.07, 6.45) is -3.83. The SMILES string of the molecule is N#C/C(=C/Nc1ccccc1C(F)(F)F)C(=O)Nc1ccccc1[N+](=O)[O-]. The third-order valence-corrected chi connectivity index (χ3v) is 3.32. The molecule has 0 saturated carbocycles. The molecule has 138 valence electrons. The fourth-order valence-electron chi connectivity index (χ4n) is 2.08. The van der Waals surface area contributed by atoms with Crippen molar-refractivity contribution in [2.75, 3.05) is 10.6 Å². The van der Waals surface area contributed by atoms with Crippen LogP contribution in [0.3, 0.4) is 0 Å². The number of nitrogens with zero attached hydrogens (tertiary/aromatic N) is 2. The molecule has 2 N–H and O–H groups in total. The Balaban J connectivity index is 2.24. The van der Waals surface area contributed by atoms with Crippen LogP contribution in [0, 0.1) is 21.4 Å². The Labute approximate surface area is 150 Å². The lowest BCUT2D eigenvalue weighted by Crippen LogP contribution is -2.16. The first-order chi connectivity index (χ1) is 12.7. The highest BCUT2D eigenvalue weighted by atomic mass is 19.4. The summed E-state index contributed by atoms with van der Waals surface area (Å²) in [5, 5.41) is 24.5. The molecule has 0 aliphatic carbocycles. The van der Waals surface area contributed by atoms with Gasteiger partial charge < -0.3 is 10.6 Å². The largest absolute Gasteiger partial charge is 0.418 e. The number of rotatable bonds is 5. The van der Waals surface area contributed by atoms with E-state index in [2.05, 4.69) is 10.6 Å². The normalized spacial score (nSPS) is 11.4. The number of anilines is 2. The molecule has 0 heterocycles. The third kappa shape index (κ3) is 4.82. The molecule has 2 aromatic rings. The summed E-state index contributed by atoms with van der Waals surface area (Å²) < 4.78 is 38.9. The van der Waals surface area contributed by atoms with Crippen molar-refractivity contribution in [3.05, 3.63) is 76.0 Å². The van der Waals surface area contributed by atoms with Crippen molar-refractivity contribution in [3.8, 4) is 6.07 Å². The van der Waals surface area contributed by atoms with E-state index in [1.165, 1.54) is 36.4 Å². The molecule has 7 nitrogen and oxygen atoms in total. The number of alkyl halides is 3. The van der Waals surface area contributed by atoms with Gasteiger partial charge in [0.25, 0.3) is 11.6 Å². The lowest BCUT2D eigenvalue weighted by molar-refractivity contribution is -0.383. The second-order valence-electron chi connectivity index (χ2n) is 5.09. The first-order valence-electron chi connectivity index (χ1n) is 7.32. The first kappa shape index (κ1) is 19.5. The van der Waals surface area contributed by atoms with Gasteiger partial charge in [-0.15, -0.1) is 0 Å². The molecule has 0 atom stereocenters. The lowest BCUT2D eigenvalue weighted by atomic mass is 10.1. The van der Waals surface area contributed by atoms with Gasteiger partial charge in [0, 0.05) is 12.3 Å². The van der Waals surface area contributed by atoms with Crippen LogP contribution in [0.15, 0.2) is 60.3 Å². The minimum Gasteiger partial charge on any atom is -0.360 e. The average molecular weight is 376 g/mol. The number of halogens is 3. The fraction of sp³-hybridized carbons (Fsp3) is 0.0588. The molecule has 0 fully saturated rings. The molecule has 0 spiro atoms. The van der Waals surface area contributed by atoms with Crippen molar-refractivity contribution in [2.45, 2.75) is 6.18 Å². The average Bonchev–Trinajstić information content (AvgIpc) is 2.62. The first-order valence-corrected chi connectivity index (χ1v) is 7.32. The van der Waals surface area contributed by atoms with Crippen LogP contribution in [-0.2, 0) is 11.0 Å². The Morgan fingerprint density at radius 1 is 1.11 bits per heavy atom. The molecular formula is C17H11F3N4O3. The zero-order valence-electron chi connectivity index (χ0n) is 13.4. The summed E-state index contributed by atoms with van der Waals surface area (Å²) in [6.45, 7) is 0. The third-order valence-electron chi connectivity index (χ3n) is 3.32. The molecule has 0 aliphatic rings. The fourth-order valence-corrected chi connectivity index (χ4v) is 2.08. The molecule has 0 aliphatic heterocycles. The summed E-state index contributed by atoms with van der Waals surface area (Å²) >= 11 is 0. The van der Waals surface area contributed by atoms with E-state index >= 15 is 0 Å². The summed E-state index contributed by atoms with van der Waals surface area (Å²) in [5.74, 6) is -1.01. The molecule has 0 aromatic heterocycles. The van der Waals surface area contributed by atoms with Crippen LogP contribution in [0.25, 0.3) is 0 Å². The van der Waals surface area contributed by atoms with Gasteiger partial charge >= 0.3 is 6.18 Å². The molecule has 0 bridgehead atoms. The van der Waals surface area contributed by atoms with Gasteiger partial charge in [0.1, 0.15) is 17.3 Å². The van der Waals surface area contributed by atoms with Crippen molar-refractivity contribution < 1.29 is 22.9 Å². The van der Waals surface area contributed by atoms with Crippen molar-refractivity contribution >= 4 is 23.0 Å². The van der Waals surface area contributed by atoms with Gasteiger partial charge in [-0.3, -0.25) is 14.9 Å². The quantitative estimate of drug-likeness (QED) is 0.354. The highest BCUT2D eigenvalue weighted by molar-refractivity contribution is 6.07. The summed E-state index contributed by atoms with van der Waals surface area (Å²) in [7, 11) is 0. The molecule has 2 aromatic carbocycles. The van der Waals surface area contributed by atoms with Gasteiger partial charge in [0.15, 0.2) is 0 Å². The van der Waals surface area contributed by atoms with Crippen molar-refractivity contribution in [3.63, 3.8) is 0 Å².